The molecule has 1 aliphatic rings. The number of benzene rings is 2. The van der Waals surface area contributed by atoms with Crippen molar-refractivity contribution in [1.82, 2.24) is 19.7 Å². The van der Waals surface area contributed by atoms with Crippen LogP contribution in [0, 0.1) is 5.82 Å². The quantitative estimate of drug-likeness (QED) is 0.604. The summed E-state index contributed by atoms with van der Waals surface area (Å²) < 4.78 is 15.7. The number of amides is 1. The minimum absolute atomic E-state index is 0.0609. The van der Waals surface area contributed by atoms with Crippen molar-refractivity contribution in [1.29, 1.82) is 0 Å². The first-order chi connectivity index (χ1) is 14.1. The van der Waals surface area contributed by atoms with Gasteiger partial charge in [-0.15, -0.1) is 10.2 Å². The van der Waals surface area contributed by atoms with Crippen LogP contribution in [0.3, 0.4) is 0 Å². The van der Waals surface area contributed by atoms with Crippen molar-refractivity contribution in [3.63, 3.8) is 0 Å². The second-order valence-corrected chi connectivity index (χ2v) is 8.15. The molecule has 3 aromatic rings. The number of carbonyl (C=O) groups excluding carboxylic acids is 1. The molecule has 8 heteroatoms. The third-order valence-electron chi connectivity index (χ3n) is 4.97. The fourth-order valence-corrected chi connectivity index (χ4v) is 4.33. The van der Waals surface area contributed by atoms with E-state index in [0.29, 0.717) is 23.9 Å². The van der Waals surface area contributed by atoms with Crippen molar-refractivity contribution < 1.29 is 9.18 Å². The molecule has 0 N–H and O–H groups in total. The summed E-state index contributed by atoms with van der Waals surface area (Å²) in [5, 5.41) is 8.14. The number of piperazine rings is 1. The molecule has 1 amide bonds. The summed E-state index contributed by atoms with van der Waals surface area (Å²) in [5.74, 6) is -0.295. The molecular weight excluding hydrogens is 389 g/mol. The molecule has 1 atom stereocenters. The van der Waals surface area contributed by atoms with Crippen molar-refractivity contribution in [2.45, 2.75) is 17.3 Å². The number of rotatable bonds is 5. The topological polar surface area (TPSA) is 54.3 Å². The largest absolute Gasteiger partial charge is 0.368 e. The van der Waals surface area contributed by atoms with Crippen LogP contribution >= 0.6 is 11.8 Å². The van der Waals surface area contributed by atoms with E-state index in [-0.39, 0.29) is 17.0 Å². The molecule has 1 aromatic heterocycles. The van der Waals surface area contributed by atoms with Crippen LogP contribution in [0.5, 0.6) is 0 Å². The van der Waals surface area contributed by atoms with Gasteiger partial charge in [0, 0.05) is 31.9 Å². The monoisotopic (exact) mass is 411 g/mol. The Balaban J connectivity index is 1.39. The highest BCUT2D eigenvalue weighted by molar-refractivity contribution is 8.00. The Bertz CT molecular complexity index is 972. The van der Waals surface area contributed by atoms with Gasteiger partial charge in [0.05, 0.1) is 10.9 Å². The van der Waals surface area contributed by atoms with Gasteiger partial charge in [-0.2, -0.15) is 0 Å². The van der Waals surface area contributed by atoms with Crippen LogP contribution in [0.4, 0.5) is 10.1 Å². The van der Waals surface area contributed by atoms with Gasteiger partial charge in [0.2, 0.25) is 5.91 Å². The fourth-order valence-electron chi connectivity index (χ4n) is 3.41. The molecule has 0 bridgehead atoms. The zero-order valence-corrected chi connectivity index (χ0v) is 16.9. The van der Waals surface area contributed by atoms with E-state index in [1.54, 1.807) is 22.8 Å². The van der Waals surface area contributed by atoms with E-state index < -0.39 is 0 Å². The third kappa shape index (κ3) is 4.27. The van der Waals surface area contributed by atoms with Gasteiger partial charge in [-0.05, 0) is 31.2 Å². The SMILES string of the molecule is C[C@H](Sc1nncn1-c1ccccc1F)C(=O)N1CCN(c2ccccc2)CC1. The van der Waals surface area contributed by atoms with Crippen molar-refractivity contribution in [3.8, 4) is 5.69 Å². The normalized spacial score (nSPS) is 15.4. The van der Waals surface area contributed by atoms with Crippen molar-refractivity contribution >= 4 is 23.4 Å². The summed E-state index contributed by atoms with van der Waals surface area (Å²) in [4.78, 5) is 17.1. The van der Waals surface area contributed by atoms with E-state index in [0.717, 1.165) is 13.1 Å². The van der Waals surface area contributed by atoms with E-state index in [1.807, 2.05) is 30.0 Å². The van der Waals surface area contributed by atoms with E-state index in [4.69, 9.17) is 0 Å². The molecule has 6 nitrogen and oxygen atoms in total. The zero-order chi connectivity index (χ0) is 20.2. The van der Waals surface area contributed by atoms with Gasteiger partial charge in [-0.3, -0.25) is 9.36 Å². The standard InChI is InChI=1S/C21H22FN5OS/c1-16(29-21-24-23-15-27(21)19-10-6-5-9-18(19)22)20(28)26-13-11-25(12-14-26)17-7-3-2-4-8-17/h2-10,15-16H,11-14H2,1H3/t16-/m0/s1. The van der Waals surface area contributed by atoms with Gasteiger partial charge < -0.3 is 9.80 Å². The van der Waals surface area contributed by atoms with E-state index >= 15 is 0 Å². The third-order valence-corrected chi connectivity index (χ3v) is 6.02. The Kier molecular flexibility index (Phi) is 5.80. The fraction of sp³-hybridized carbons (Fsp3) is 0.286. The predicted octanol–water partition coefficient (Wildman–Crippen LogP) is 3.24. The molecule has 29 heavy (non-hydrogen) atoms. The number of carbonyl (C=O) groups is 1. The van der Waals surface area contributed by atoms with E-state index in [9.17, 15) is 9.18 Å². The summed E-state index contributed by atoms with van der Waals surface area (Å²) in [6.45, 7) is 4.82. The number of anilines is 1. The molecule has 0 aliphatic carbocycles. The number of aromatic nitrogens is 3. The summed E-state index contributed by atoms with van der Waals surface area (Å²) in [7, 11) is 0. The summed E-state index contributed by atoms with van der Waals surface area (Å²) in [6.07, 6.45) is 1.47. The minimum atomic E-state index is -0.356. The van der Waals surface area contributed by atoms with Crippen LogP contribution in [-0.4, -0.2) is 57.0 Å². The number of hydrogen-bond donors (Lipinski definition) is 0. The highest BCUT2D eigenvalue weighted by atomic mass is 32.2. The summed E-state index contributed by atoms with van der Waals surface area (Å²) in [6, 6.07) is 16.7. The van der Waals surface area contributed by atoms with Crippen LogP contribution < -0.4 is 4.90 Å². The number of hydrogen-bond acceptors (Lipinski definition) is 5. The second kappa shape index (κ2) is 8.65. The Labute approximate surface area is 173 Å². The number of halogens is 1. The van der Waals surface area contributed by atoms with Crippen LogP contribution in [0.15, 0.2) is 66.1 Å². The molecule has 2 heterocycles. The van der Waals surface area contributed by atoms with E-state index in [2.05, 4.69) is 27.2 Å². The van der Waals surface area contributed by atoms with Crippen LogP contribution in [0.25, 0.3) is 5.69 Å². The Morgan fingerprint density at radius 3 is 2.45 bits per heavy atom. The van der Waals surface area contributed by atoms with Crippen molar-refractivity contribution in [2.24, 2.45) is 0 Å². The molecule has 150 valence electrons. The maximum atomic E-state index is 14.1. The number of nitrogens with zero attached hydrogens (tertiary/aromatic N) is 5. The molecule has 2 aromatic carbocycles. The average Bonchev–Trinajstić information content (AvgIpc) is 3.22. The number of thioether (sulfide) groups is 1. The first-order valence-corrected chi connectivity index (χ1v) is 10.4. The lowest BCUT2D eigenvalue weighted by Gasteiger charge is -2.37. The van der Waals surface area contributed by atoms with Crippen LogP contribution in [-0.2, 0) is 4.79 Å². The Morgan fingerprint density at radius 1 is 1.03 bits per heavy atom. The summed E-state index contributed by atoms with van der Waals surface area (Å²) >= 11 is 1.30. The average molecular weight is 412 g/mol. The molecule has 4 rings (SSSR count). The van der Waals surface area contributed by atoms with Crippen LogP contribution in [0.1, 0.15) is 6.92 Å². The summed E-state index contributed by atoms with van der Waals surface area (Å²) in [5.41, 5.74) is 1.55. The van der Waals surface area contributed by atoms with Gasteiger partial charge in [0.25, 0.3) is 0 Å². The molecule has 1 aliphatic heterocycles. The lowest BCUT2D eigenvalue weighted by Crippen LogP contribution is -2.50. The highest BCUT2D eigenvalue weighted by Gasteiger charge is 2.27. The predicted molar refractivity (Wildman–Crippen MR) is 112 cm³/mol. The zero-order valence-electron chi connectivity index (χ0n) is 16.1. The minimum Gasteiger partial charge on any atom is -0.368 e. The first-order valence-electron chi connectivity index (χ1n) is 9.54. The Morgan fingerprint density at radius 2 is 1.72 bits per heavy atom. The molecule has 0 radical (unpaired) electrons. The lowest BCUT2D eigenvalue weighted by molar-refractivity contribution is -0.130. The van der Waals surface area contributed by atoms with Crippen molar-refractivity contribution in [2.75, 3.05) is 31.1 Å². The molecule has 1 fully saturated rings. The number of para-hydroxylation sites is 2. The van der Waals surface area contributed by atoms with Gasteiger partial charge >= 0.3 is 0 Å². The molecule has 0 spiro atoms. The van der Waals surface area contributed by atoms with Gasteiger partial charge in [0.15, 0.2) is 5.16 Å². The maximum absolute atomic E-state index is 14.1. The molecular formula is C21H22FN5OS. The van der Waals surface area contributed by atoms with Gasteiger partial charge in [-0.1, -0.05) is 42.1 Å². The highest BCUT2D eigenvalue weighted by Crippen LogP contribution is 2.26. The Hall–Kier alpha value is -2.87. The van der Waals surface area contributed by atoms with Gasteiger partial charge in [0.1, 0.15) is 12.1 Å². The smallest absolute Gasteiger partial charge is 0.236 e. The van der Waals surface area contributed by atoms with E-state index in [1.165, 1.54) is 29.8 Å². The van der Waals surface area contributed by atoms with Crippen molar-refractivity contribution in [3.05, 3.63) is 66.7 Å². The van der Waals surface area contributed by atoms with Crippen LogP contribution in [0.2, 0.25) is 0 Å². The first kappa shape index (κ1) is 19.4. The molecule has 0 unspecified atom stereocenters. The second-order valence-electron chi connectivity index (χ2n) is 6.84. The maximum Gasteiger partial charge on any atom is 0.236 e. The van der Waals surface area contributed by atoms with Gasteiger partial charge in [-0.25, -0.2) is 4.39 Å². The molecule has 1 saturated heterocycles. The lowest BCUT2D eigenvalue weighted by atomic mass is 10.2. The molecule has 0 saturated carbocycles.